The molecule has 3 heterocycles. The van der Waals surface area contributed by atoms with Crippen LogP contribution < -0.4 is 9.64 Å². The summed E-state index contributed by atoms with van der Waals surface area (Å²) in [7, 11) is 0. The van der Waals surface area contributed by atoms with Crippen molar-refractivity contribution in [3.8, 4) is 16.9 Å². The molecule has 2 aromatic carbocycles. The molecule has 11 heteroatoms. The first kappa shape index (κ1) is 32.4. The Kier molecular flexibility index (Phi) is 9.70. The molecule has 1 aromatic heterocycles. The zero-order chi connectivity index (χ0) is 33.0. The molecule has 1 aliphatic carbocycles. The molecule has 47 heavy (non-hydrogen) atoms. The monoisotopic (exact) mass is 642 g/mol. The van der Waals surface area contributed by atoms with Gasteiger partial charge in [0.2, 0.25) is 5.91 Å². The molecule has 6 rings (SSSR count). The second-order valence-electron chi connectivity index (χ2n) is 13.5. The minimum atomic E-state index is -1.12. The molecule has 1 saturated carbocycles. The summed E-state index contributed by atoms with van der Waals surface area (Å²) in [6.45, 7) is 6.88. The van der Waals surface area contributed by atoms with Crippen molar-refractivity contribution in [1.29, 1.82) is 0 Å². The molecule has 2 N–H and O–H groups in total. The highest BCUT2D eigenvalue weighted by molar-refractivity contribution is 5.85. The van der Waals surface area contributed by atoms with Crippen molar-refractivity contribution in [3.05, 3.63) is 66.5 Å². The lowest BCUT2D eigenvalue weighted by Gasteiger charge is -2.39. The smallest absolute Gasteiger partial charge is 0.407 e. The van der Waals surface area contributed by atoms with E-state index >= 15 is 0 Å². The number of hydrogen-bond donors (Lipinski definition) is 2. The van der Waals surface area contributed by atoms with E-state index in [0.29, 0.717) is 31.9 Å². The third kappa shape index (κ3) is 7.55. The molecule has 2 saturated heterocycles. The summed E-state index contributed by atoms with van der Waals surface area (Å²) in [5.41, 5.74) is 3.13. The Morgan fingerprint density at radius 1 is 0.936 bits per heavy atom. The second-order valence-corrected chi connectivity index (χ2v) is 13.5. The minimum Gasteiger partial charge on any atom is -0.478 e. The van der Waals surface area contributed by atoms with Crippen molar-refractivity contribution in [2.24, 2.45) is 5.92 Å². The Bertz CT molecular complexity index is 1530. The highest BCUT2D eigenvalue weighted by Gasteiger charge is 2.37. The third-order valence-corrected chi connectivity index (χ3v) is 9.87. The van der Waals surface area contributed by atoms with Crippen molar-refractivity contribution < 1.29 is 24.2 Å². The van der Waals surface area contributed by atoms with Crippen LogP contribution in [0.5, 0.6) is 5.75 Å². The third-order valence-electron chi connectivity index (χ3n) is 9.87. The zero-order valence-corrected chi connectivity index (χ0v) is 27.4. The van der Waals surface area contributed by atoms with Crippen LogP contribution in [0.3, 0.4) is 0 Å². The summed E-state index contributed by atoms with van der Waals surface area (Å²) in [5.74, 6) is 0.564. The number of hydrogen-bond acceptors (Lipinski definition) is 6. The van der Waals surface area contributed by atoms with Gasteiger partial charge in [-0.15, -0.1) is 0 Å². The fraction of sp³-hybridized carbons (Fsp3) is 0.500. The van der Waals surface area contributed by atoms with Crippen molar-refractivity contribution in [3.63, 3.8) is 0 Å². The highest BCUT2D eigenvalue weighted by Crippen LogP contribution is 2.32. The molecule has 3 fully saturated rings. The van der Waals surface area contributed by atoms with Crippen molar-refractivity contribution >= 4 is 23.6 Å². The fourth-order valence-corrected chi connectivity index (χ4v) is 7.22. The van der Waals surface area contributed by atoms with Crippen LogP contribution in [-0.2, 0) is 16.1 Å². The number of amides is 3. The van der Waals surface area contributed by atoms with Gasteiger partial charge in [-0.05, 0) is 62.8 Å². The second kappa shape index (κ2) is 14.1. The Hall–Kier alpha value is -4.54. The molecule has 3 aliphatic rings. The number of carboxylic acid groups (broad SMARTS) is 1. The van der Waals surface area contributed by atoms with E-state index in [1.807, 2.05) is 36.7 Å². The topological polar surface area (TPSA) is 122 Å². The Balaban J connectivity index is 1.11. The average molecular weight is 643 g/mol. The molecule has 1 atom stereocenters. The molecule has 250 valence electrons. The summed E-state index contributed by atoms with van der Waals surface area (Å²) >= 11 is 0. The number of rotatable bonds is 9. The largest absolute Gasteiger partial charge is 0.478 e. The number of piperidine rings is 1. The number of carbonyl (C=O) groups is 3. The number of anilines is 1. The van der Waals surface area contributed by atoms with Gasteiger partial charge in [-0.3, -0.25) is 14.7 Å². The zero-order valence-electron chi connectivity index (χ0n) is 27.4. The van der Waals surface area contributed by atoms with E-state index in [1.165, 1.54) is 4.90 Å². The standard InChI is InChI=1S/C36H46N6O5/c1-36(2,34(44)39-17-19-40(20-18-39)35(45)46)47-32-11-5-10-31(21-32)41-16-6-7-28(25-41)33(43)42(30-8-3-4-9-30)24-26-12-14-27(15-13-26)29-22-37-38-23-29/h5,10-15,21-23,28,30H,3-4,6-9,16-20,24-25H2,1-2H3,(H,37,38)(H,45,46)/t28-/m1/s1. The van der Waals surface area contributed by atoms with E-state index in [9.17, 15) is 19.5 Å². The number of H-pyrrole nitrogens is 1. The van der Waals surface area contributed by atoms with E-state index in [4.69, 9.17) is 4.74 Å². The molecule has 0 spiro atoms. The molecule has 2 aliphatic heterocycles. The first-order valence-corrected chi connectivity index (χ1v) is 16.9. The summed E-state index contributed by atoms with van der Waals surface area (Å²) in [5, 5.41) is 16.2. The lowest BCUT2D eigenvalue weighted by molar-refractivity contribution is -0.147. The fourth-order valence-electron chi connectivity index (χ4n) is 7.22. The Morgan fingerprint density at radius 2 is 1.66 bits per heavy atom. The van der Waals surface area contributed by atoms with E-state index in [1.54, 1.807) is 18.7 Å². The van der Waals surface area contributed by atoms with Crippen LogP contribution >= 0.6 is 0 Å². The minimum absolute atomic E-state index is 0.0957. The van der Waals surface area contributed by atoms with E-state index < -0.39 is 11.7 Å². The van der Waals surface area contributed by atoms with Crippen LogP contribution in [0, 0.1) is 5.92 Å². The molecular weight excluding hydrogens is 596 g/mol. The summed E-state index contributed by atoms with van der Waals surface area (Å²) in [6, 6.07) is 16.5. The van der Waals surface area contributed by atoms with Gasteiger partial charge in [0.1, 0.15) is 5.75 Å². The van der Waals surface area contributed by atoms with E-state index in [-0.39, 0.29) is 36.9 Å². The summed E-state index contributed by atoms with van der Waals surface area (Å²) in [6.07, 6.45) is 8.95. The number of ether oxygens (including phenoxy) is 1. The summed E-state index contributed by atoms with van der Waals surface area (Å²) in [4.78, 5) is 46.3. The predicted molar refractivity (Wildman–Crippen MR) is 179 cm³/mol. The normalized spacial score (nSPS) is 19.1. The van der Waals surface area contributed by atoms with Gasteiger partial charge in [0, 0.05) is 75.4 Å². The molecule has 3 amide bonds. The van der Waals surface area contributed by atoms with Gasteiger partial charge in [-0.25, -0.2) is 4.79 Å². The first-order chi connectivity index (χ1) is 22.7. The number of benzene rings is 2. The maximum Gasteiger partial charge on any atom is 0.407 e. The summed E-state index contributed by atoms with van der Waals surface area (Å²) < 4.78 is 6.27. The van der Waals surface area contributed by atoms with Gasteiger partial charge >= 0.3 is 6.09 Å². The van der Waals surface area contributed by atoms with Crippen LogP contribution in [0.4, 0.5) is 10.5 Å². The van der Waals surface area contributed by atoms with Gasteiger partial charge < -0.3 is 29.4 Å². The lowest BCUT2D eigenvalue weighted by Crippen LogP contribution is -2.56. The van der Waals surface area contributed by atoms with Gasteiger partial charge in [0.15, 0.2) is 5.60 Å². The number of nitrogens with one attached hydrogen (secondary N) is 1. The van der Waals surface area contributed by atoms with Crippen molar-refractivity contribution in [2.45, 2.75) is 70.6 Å². The van der Waals surface area contributed by atoms with Crippen LogP contribution in [0.2, 0.25) is 0 Å². The SMILES string of the molecule is CC(C)(Oc1cccc(N2CCC[C@@H](C(=O)N(Cc3ccc(-c4cn[nH]c4)cc3)C3CCCC3)C2)c1)C(=O)N1CCN(C(=O)O)CC1. The maximum absolute atomic E-state index is 14.2. The number of aromatic amines is 1. The van der Waals surface area contributed by atoms with Gasteiger partial charge in [-0.1, -0.05) is 43.2 Å². The van der Waals surface area contributed by atoms with Crippen LogP contribution in [0.1, 0.15) is 57.9 Å². The number of aromatic nitrogens is 2. The van der Waals surface area contributed by atoms with Gasteiger partial charge in [0.25, 0.3) is 5.91 Å². The Morgan fingerprint density at radius 3 is 2.34 bits per heavy atom. The molecule has 11 nitrogen and oxygen atoms in total. The van der Waals surface area contributed by atoms with Gasteiger partial charge in [-0.2, -0.15) is 5.10 Å². The highest BCUT2D eigenvalue weighted by atomic mass is 16.5. The molecule has 0 radical (unpaired) electrons. The van der Waals surface area contributed by atoms with Gasteiger partial charge in [0.05, 0.1) is 12.1 Å². The first-order valence-electron chi connectivity index (χ1n) is 16.9. The number of piperazine rings is 1. The molecule has 0 bridgehead atoms. The van der Waals surface area contributed by atoms with Crippen LogP contribution in [0.15, 0.2) is 60.9 Å². The number of carbonyl (C=O) groups excluding carboxylic acids is 2. The maximum atomic E-state index is 14.2. The Labute approximate surface area is 276 Å². The van der Waals surface area contributed by atoms with E-state index in [2.05, 4.69) is 44.3 Å². The van der Waals surface area contributed by atoms with Crippen molar-refractivity contribution in [2.75, 3.05) is 44.2 Å². The quantitative estimate of drug-likeness (QED) is 0.327. The molecule has 0 unspecified atom stereocenters. The molecular formula is C36H46N6O5. The average Bonchev–Trinajstić information content (AvgIpc) is 3.83. The lowest BCUT2D eigenvalue weighted by atomic mass is 9.94. The van der Waals surface area contributed by atoms with E-state index in [0.717, 1.165) is 67.4 Å². The number of nitrogens with zero attached hydrogens (tertiary/aromatic N) is 5. The molecule has 3 aromatic rings. The van der Waals surface area contributed by atoms with Crippen LogP contribution in [-0.4, -0.2) is 98.8 Å². The predicted octanol–water partition coefficient (Wildman–Crippen LogP) is 5.24. The van der Waals surface area contributed by atoms with Crippen molar-refractivity contribution in [1.82, 2.24) is 24.9 Å². The van der Waals surface area contributed by atoms with Crippen LogP contribution in [0.25, 0.3) is 11.1 Å².